The minimum atomic E-state index is -0.614. The molecule has 0 atom stereocenters. The van der Waals surface area contributed by atoms with E-state index in [0.29, 0.717) is 17.8 Å². The van der Waals surface area contributed by atoms with Crippen molar-refractivity contribution in [3.05, 3.63) is 51.7 Å². The Bertz CT molecular complexity index is 552. The smallest absolute Gasteiger partial charge is 0.128 e. The lowest BCUT2D eigenvalue weighted by molar-refractivity contribution is 0.584. The number of rotatable bonds is 3. The topological polar surface area (TPSA) is 35.8 Å². The number of nitriles is 1. The van der Waals surface area contributed by atoms with Crippen molar-refractivity contribution in [2.45, 2.75) is 6.54 Å². The molecule has 0 saturated carbocycles. The van der Waals surface area contributed by atoms with E-state index in [0.717, 1.165) is 10.9 Å². The summed E-state index contributed by atoms with van der Waals surface area (Å²) in [5.74, 6) is -1.23. The van der Waals surface area contributed by atoms with Gasteiger partial charge in [0.1, 0.15) is 17.7 Å². The summed E-state index contributed by atoms with van der Waals surface area (Å²) >= 11 is 1.43. The van der Waals surface area contributed by atoms with E-state index in [9.17, 15) is 8.78 Å². The molecule has 1 heterocycles. The van der Waals surface area contributed by atoms with Crippen LogP contribution in [-0.2, 0) is 6.54 Å². The highest BCUT2D eigenvalue weighted by atomic mass is 32.1. The minimum Gasteiger partial charge on any atom is -0.380 e. The van der Waals surface area contributed by atoms with Crippen LogP contribution in [0.3, 0.4) is 0 Å². The molecule has 0 saturated heterocycles. The number of thiophene rings is 1. The molecular formula is C12H8F2N2S. The first kappa shape index (κ1) is 11.6. The third kappa shape index (κ3) is 3.02. The molecule has 0 aliphatic rings. The van der Waals surface area contributed by atoms with Crippen LogP contribution in [-0.4, -0.2) is 0 Å². The maximum Gasteiger partial charge on any atom is 0.128 e. The van der Waals surface area contributed by atoms with Gasteiger partial charge in [-0.25, -0.2) is 8.78 Å². The molecule has 2 aromatic rings. The van der Waals surface area contributed by atoms with Crippen LogP contribution >= 0.6 is 11.3 Å². The van der Waals surface area contributed by atoms with Gasteiger partial charge in [0, 0.05) is 28.6 Å². The Hall–Kier alpha value is -1.93. The van der Waals surface area contributed by atoms with E-state index in [1.807, 2.05) is 6.07 Å². The molecule has 0 unspecified atom stereocenters. The van der Waals surface area contributed by atoms with Gasteiger partial charge < -0.3 is 5.32 Å². The summed E-state index contributed by atoms with van der Waals surface area (Å²) in [6, 6.07) is 7.04. The third-order valence-corrected chi connectivity index (χ3v) is 3.05. The lowest BCUT2D eigenvalue weighted by atomic mass is 10.3. The Morgan fingerprint density at radius 3 is 2.47 bits per heavy atom. The number of benzene rings is 1. The number of halogens is 2. The Morgan fingerprint density at radius 2 is 1.88 bits per heavy atom. The van der Waals surface area contributed by atoms with Gasteiger partial charge in [-0.3, -0.25) is 0 Å². The molecule has 17 heavy (non-hydrogen) atoms. The molecule has 0 radical (unpaired) electrons. The van der Waals surface area contributed by atoms with Gasteiger partial charge in [0.15, 0.2) is 0 Å². The van der Waals surface area contributed by atoms with Crippen LogP contribution in [0.2, 0.25) is 0 Å². The zero-order valence-electron chi connectivity index (χ0n) is 8.71. The summed E-state index contributed by atoms with van der Waals surface area (Å²) in [4.78, 5) is 0.936. The molecular weight excluding hydrogens is 242 g/mol. The van der Waals surface area contributed by atoms with Crippen LogP contribution < -0.4 is 5.32 Å². The minimum absolute atomic E-state index is 0.384. The van der Waals surface area contributed by atoms with Crippen molar-refractivity contribution >= 4 is 17.0 Å². The van der Waals surface area contributed by atoms with Crippen molar-refractivity contribution in [3.63, 3.8) is 0 Å². The van der Waals surface area contributed by atoms with Crippen molar-refractivity contribution in [2.75, 3.05) is 5.32 Å². The van der Waals surface area contributed by atoms with Crippen LogP contribution in [0.15, 0.2) is 29.6 Å². The van der Waals surface area contributed by atoms with Crippen LogP contribution in [0.1, 0.15) is 10.4 Å². The lowest BCUT2D eigenvalue weighted by Gasteiger charge is -2.04. The first-order chi connectivity index (χ1) is 8.17. The Balaban J connectivity index is 2.04. The molecule has 0 spiro atoms. The molecule has 2 rings (SSSR count). The van der Waals surface area contributed by atoms with E-state index in [4.69, 9.17) is 5.26 Å². The van der Waals surface area contributed by atoms with Crippen molar-refractivity contribution in [3.8, 4) is 6.07 Å². The second kappa shape index (κ2) is 4.93. The highest BCUT2D eigenvalue weighted by molar-refractivity contribution is 7.10. The second-order valence-corrected chi connectivity index (χ2v) is 4.42. The third-order valence-electron chi connectivity index (χ3n) is 2.11. The molecule has 0 bridgehead atoms. The fraction of sp³-hybridized carbons (Fsp3) is 0.0833. The molecule has 0 aliphatic carbocycles. The maximum atomic E-state index is 12.9. The normalized spacial score (nSPS) is 9.94. The Morgan fingerprint density at radius 1 is 1.18 bits per heavy atom. The highest BCUT2D eigenvalue weighted by Gasteiger charge is 2.02. The molecule has 2 nitrogen and oxygen atoms in total. The van der Waals surface area contributed by atoms with Gasteiger partial charge in [0.05, 0.1) is 5.56 Å². The predicted octanol–water partition coefficient (Wildman–Crippen LogP) is 3.51. The molecule has 0 amide bonds. The Kier molecular flexibility index (Phi) is 3.35. The van der Waals surface area contributed by atoms with Crippen molar-refractivity contribution in [1.82, 2.24) is 0 Å². The summed E-state index contributed by atoms with van der Waals surface area (Å²) < 4.78 is 25.8. The summed E-state index contributed by atoms with van der Waals surface area (Å²) in [7, 11) is 0. The number of hydrogen-bond donors (Lipinski definition) is 1. The van der Waals surface area contributed by atoms with Crippen molar-refractivity contribution in [2.24, 2.45) is 0 Å². The van der Waals surface area contributed by atoms with Gasteiger partial charge in [-0.1, -0.05) is 0 Å². The molecule has 1 N–H and O–H groups in total. The van der Waals surface area contributed by atoms with Crippen molar-refractivity contribution < 1.29 is 8.78 Å². The summed E-state index contributed by atoms with van der Waals surface area (Å²) in [5.41, 5.74) is 0.978. The van der Waals surface area contributed by atoms with Gasteiger partial charge in [0.25, 0.3) is 0 Å². The highest BCUT2D eigenvalue weighted by Crippen LogP contribution is 2.17. The average Bonchev–Trinajstić information content (AvgIpc) is 2.73. The summed E-state index contributed by atoms with van der Waals surface area (Å²) in [6.45, 7) is 0.440. The molecule has 5 heteroatoms. The van der Waals surface area contributed by atoms with E-state index >= 15 is 0 Å². The van der Waals surface area contributed by atoms with Crippen LogP contribution in [0, 0.1) is 23.0 Å². The second-order valence-electron chi connectivity index (χ2n) is 3.43. The van der Waals surface area contributed by atoms with E-state index in [1.54, 1.807) is 11.4 Å². The molecule has 0 fully saturated rings. The average molecular weight is 250 g/mol. The van der Waals surface area contributed by atoms with E-state index in [-0.39, 0.29) is 0 Å². The number of hydrogen-bond acceptors (Lipinski definition) is 3. The molecule has 1 aromatic heterocycles. The summed E-state index contributed by atoms with van der Waals surface area (Å²) in [6.07, 6.45) is 0. The fourth-order valence-electron chi connectivity index (χ4n) is 1.38. The van der Waals surface area contributed by atoms with Gasteiger partial charge in [-0.15, -0.1) is 11.3 Å². The Labute approximate surface area is 101 Å². The van der Waals surface area contributed by atoms with Crippen LogP contribution in [0.25, 0.3) is 0 Å². The monoisotopic (exact) mass is 250 g/mol. The van der Waals surface area contributed by atoms with Crippen molar-refractivity contribution in [1.29, 1.82) is 5.26 Å². The molecule has 0 aliphatic heterocycles. The van der Waals surface area contributed by atoms with E-state index < -0.39 is 11.6 Å². The first-order valence-electron chi connectivity index (χ1n) is 4.85. The number of nitrogens with zero attached hydrogens (tertiary/aromatic N) is 1. The fourth-order valence-corrected chi connectivity index (χ4v) is 2.13. The van der Waals surface area contributed by atoms with E-state index in [1.165, 1.54) is 23.5 Å². The van der Waals surface area contributed by atoms with Crippen LogP contribution in [0.5, 0.6) is 0 Å². The summed E-state index contributed by atoms with van der Waals surface area (Å²) in [5, 5.41) is 13.3. The lowest BCUT2D eigenvalue weighted by Crippen LogP contribution is -1.98. The van der Waals surface area contributed by atoms with E-state index in [2.05, 4.69) is 5.32 Å². The first-order valence-corrected chi connectivity index (χ1v) is 5.73. The maximum absolute atomic E-state index is 12.9. The zero-order chi connectivity index (χ0) is 12.3. The number of anilines is 1. The van der Waals surface area contributed by atoms with Crippen LogP contribution in [0.4, 0.5) is 14.5 Å². The molecule has 1 aromatic carbocycles. The van der Waals surface area contributed by atoms with Gasteiger partial charge in [-0.2, -0.15) is 5.26 Å². The van der Waals surface area contributed by atoms with Gasteiger partial charge in [-0.05, 0) is 18.2 Å². The van der Waals surface area contributed by atoms with Gasteiger partial charge in [0.2, 0.25) is 0 Å². The zero-order valence-corrected chi connectivity index (χ0v) is 9.52. The predicted molar refractivity (Wildman–Crippen MR) is 62.7 cm³/mol. The quantitative estimate of drug-likeness (QED) is 0.904. The SMILES string of the molecule is N#Cc1csc(CNc2cc(F)cc(F)c2)c1. The largest absolute Gasteiger partial charge is 0.380 e. The number of nitrogens with one attached hydrogen (secondary N) is 1. The molecule has 86 valence electrons. The van der Waals surface area contributed by atoms with Gasteiger partial charge >= 0.3 is 0 Å². The standard InChI is InChI=1S/C12H8F2N2S/c13-9-2-10(14)4-11(3-9)16-6-12-1-8(5-15)7-17-12/h1-4,7,16H,6H2.